The van der Waals surface area contributed by atoms with E-state index >= 15 is 0 Å². The molecule has 1 saturated heterocycles. The Hall–Kier alpha value is -1.75. The number of hydrogen-bond acceptors (Lipinski definition) is 3. The van der Waals surface area contributed by atoms with Crippen molar-refractivity contribution in [3.8, 4) is 0 Å². The number of rotatable bonds is 3. The molecule has 2 rings (SSSR count). The molecule has 1 aliphatic rings. The molecule has 0 bridgehead atoms. The second-order valence-corrected chi connectivity index (χ2v) is 4.82. The molecule has 1 aromatic rings. The number of hydrogen-bond donors (Lipinski definition) is 1. The number of nitrogens with zero attached hydrogens (tertiary/aromatic N) is 1. The molecular weight excluding hydrogens is 258 g/mol. The molecule has 1 aliphatic heterocycles. The van der Waals surface area contributed by atoms with Gasteiger partial charge in [0.05, 0.1) is 22.7 Å². The minimum absolute atomic E-state index is 0.0311. The van der Waals surface area contributed by atoms with Crippen molar-refractivity contribution in [3.05, 3.63) is 29.3 Å². The molecule has 1 N–H and O–H groups in total. The van der Waals surface area contributed by atoms with Crippen molar-refractivity contribution in [2.75, 3.05) is 11.5 Å². The quantitative estimate of drug-likeness (QED) is 0.916. The molecule has 1 aromatic carbocycles. The molecule has 0 saturated carbocycles. The normalized spacial score (nSPS) is 23.0. The van der Waals surface area contributed by atoms with Gasteiger partial charge in [-0.05, 0) is 19.1 Å². The Morgan fingerprint density at radius 1 is 1.56 bits per heavy atom. The lowest BCUT2D eigenvalue weighted by Crippen LogP contribution is -2.46. The van der Waals surface area contributed by atoms with Crippen LogP contribution in [0.4, 0.5) is 10.5 Å². The van der Waals surface area contributed by atoms with Gasteiger partial charge in [0.2, 0.25) is 0 Å². The maximum absolute atomic E-state index is 11.8. The van der Waals surface area contributed by atoms with Crippen LogP contribution in [0.25, 0.3) is 0 Å². The first-order chi connectivity index (χ1) is 8.44. The zero-order valence-electron chi connectivity index (χ0n) is 9.72. The number of anilines is 1. The Kier molecular flexibility index (Phi) is 3.17. The summed E-state index contributed by atoms with van der Waals surface area (Å²) in [4.78, 5) is 24.0. The Balaban J connectivity index is 2.42. The van der Waals surface area contributed by atoms with Crippen molar-refractivity contribution in [2.45, 2.75) is 18.9 Å². The summed E-state index contributed by atoms with van der Waals surface area (Å²) in [6, 6.07) is 6.77. The van der Waals surface area contributed by atoms with Crippen LogP contribution >= 0.6 is 11.6 Å². The number of halogens is 1. The molecule has 1 heterocycles. The zero-order valence-corrected chi connectivity index (χ0v) is 10.5. The number of amides is 1. The van der Waals surface area contributed by atoms with Gasteiger partial charge in [0, 0.05) is 0 Å². The third kappa shape index (κ3) is 2.13. The highest BCUT2D eigenvalue weighted by Gasteiger charge is 2.46. The van der Waals surface area contributed by atoms with Gasteiger partial charge in [0.15, 0.2) is 0 Å². The fraction of sp³-hybridized carbons (Fsp3) is 0.333. The smallest absolute Gasteiger partial charge is 0.415 e. The fourth-order valence-corrected chi connectivity index (χ4v) is 2.27. The molecule has 18 heavy (non-hydrogen) atoms. The topological polar surface area (TPSA) is 66.8 Å². The summed E-state index contributed by atoms with van der Waals surface area (Å²) in [7, 11) is 0. The highest BCUT2D eigenvalue weighted by Crippen LogP contribution is 2.36. The number of carbonyl (C=O) groups excluding carboxylic acids is 1. The van der Waals surface area contributed by atoms with E-state index < -0.39 is 17.6 Å². The summed E-state index contributed by atoms with van der Waals surface area (Å²) in [5, 5.41) is 9.32. The SMILES string of the molecule is CC1(CC(=O)O)COC(=O)N1c1ccccc1Cl. The second-order valence-electron chi connectivity index (χ2n) is 4.41. The zero-order chi connectivity index (χ0) is 13.3. The van der Waals surface area contributed by atoms with Crippen molar-refractivity contribution in [1.29, 1.82) is 0 Å². The second kappa shape index (κ2) is 4.49. The molecule has 0 aromatic heterocycles. The lowest BCUT2D eigenvalue weighted by Gasteiger charge is -2.30. The van der Waals surface area contributed by atoms with E-state index in [4.69, 9.17) is 21.4 Å². The predicted molar refractivity (Wildman–Crippen MR) is 65.9 cm³/mol. The Labute approximate surface area is 109 Å². The van der Waals surface area contributed by atoms with Gasteiger partial charge in [0.25, 0.3) is 0 Å². The molecule has 1 unspecified atom stereocenters. The molecule has 0 radical (unpaired) electrons. The van der Waals surface area contributed by atoms with Gasteiger partial charge in [-0.2, -0.15) is 0 Å². The molecule has 5 nitrogen and oxygen atoms in total. The largest absolute Gasteiger partial charge is 0.481 e. The van der Waals surface area contributed by atoms with E-state index in [0.717, 1.165) is 0 Å². The van der Waals surface area contributed by atoms with E-state index in [1.807, 2.05) is 0 Å². The Bertz CT molecular complexity index is 505. The molecule has 1 fully saturated rings. The van der Waals surface area contributed by atoms with Crippen LogP contribution in [-0.2, 0) is 9.53 Å². The lowest BCUT2D eigenvalue weighted by atomic mass is 9.97. The van der Waals surface area contributed by atoms with E-state index in [0.29, 0.717) is 10.7 Å². The lowest BCUT2D eigenvalue weighted by molar-refractivity contribution is -0.138. The first-order valence-corrected chi connectivity index (χ1v) is 5.75. The average molecular weight is 270 g/mol. The van der Waals surface area contributed by atoms with Crippen LogP contribution in [0.5, 0.6) is 0 Å². The van der Waals surface area contributed by atoms with Crippen molar-refractivity contribution >= 4 is 29.4 Å². The van der Waals surface area contributed by atoms with Crippen molar-refractivity contribution < 1.29 is 19.4 Å². The number of aliphatic carboxylic acids is 1. The van der Waals surface area contributed by atoms with E-state index in [9.17, 15) is 9.59 Å². The molecule has 0 spiro atoms. The van der Waals surface area contributed by atoms with Crippen LogP contribution in [0.2, 0.25) is 5.02 Å². The van der Waals surface area contributed by atoms with Gasteiger partial charge in [0.1, 0.15) is 6.61 Å². The number of carboxylic acid groups (broad SMARTS) is 1. The summed E-state index contributed by atoms with van der Waals surface area (Å²) >= 11 is 6.04. The van der Waals surface area contributed by atoms with E-state index in [1.54, 1.807) is 31.2 Å². The number of carboxylic acids is 1. The number of ether oxygens (including phenoxy) is 1. The fourth-order valence-electron chi connectivity index (χ4n) is 2.04. The van der Waals surface area contributed by atoms with Gasteiger partial charge in [-0.3, -0.25) is 9.69 Å². The third-order valence-corrected chi connectivity index (χ3v) is 3.17. The maximum Gasteiger partial charge on any atom is 0.415 e. The van der Waals surface area contributed by atoms with Crippen molar-refractivity contribution in [1.82, 2.24) is 0 Å². The third-order valence-electron chi connectivity index (χ3n) is 2.85. The van der Waals surface area contributed by atoms with E-state index in [1.165, 1.54) is 4.90 Å². The highest BCUT2D eigenvalue weighted by atomic mass is 35.5. The van der Waals surface area contributed by atoms with Crippen LogP contribution < -0.4 is 4.90 Å². The number of para-hydroxylation sites is 1. The summed E-state index contributed by atoms with van der Waals surface area (Å²) in [5.74, 6) is -0.993. The predicted octanol–water partition coefficient (Wildman–Crippen LogP) is 2.53. The molecule has 1 amide bonds. The Morgan fingerprint density at radius 3 is 2.83 bits per heavy atom. The van der Waals surface area contributed by atoms with Gasteiger partial charge in [-0.1, -0.05) is 23.7 Å². The van der Waals surface area contributed by atoms with E-state index in [2.05, 4.69) is 0 Å². The van der Waals surface area contributed by atoms with Gasteiger partial charge < -0.3 is 9.84 Å². The van der Waals surface area contributed by atoms with Crippen LogP contribution in [0.1, 0.15) is 13.3 Å². The first-order valence-electron chi connectivity index (χ1n) is 5.37. The van der Waals surface area contributed by atoms with Gasteiger partial charge in [-0.15, -0.1) is 0 Å². The van der Waals surface area contributed by atoms with Crippen LogP contribution in [0, 0.1) is 0 Å². The van der Waals surface area contributed by atoms with E-state index in [-0.39, 0.29) is 13.0 Å². The molecular formula is C12H12ClNO4. The van der Waals surface area contributed by atoms with Gasteiger partial charge in [-0.25, -0.2) is 4.79 Å². The summed E-state index contributed by atoms with van der Waals surface area (Å²) in [6.45, 7) is 1.69. The monoisotopic (exact) mass is 269 g/mol. The van der Waals surface area contributed by atoms with Crippen LogP contribution in [0.3, 0.4) is 0 Å². The van der Waals surface area contributed by atoms with Crippen molar-refractivity contribution in [3.63, 3.8) is 0 Å². The van der Waals surface area contributed by atoms with Crippen LogP contribution in [0.15, 0.2) is 24.3 Å². The highest BCUT2D eigenvalue weighted by molar-refractivity contribution is 6.33. The molecule has 96 valence electrons. The number of carbonyl (C=O) groups is 2. The minimum atomic E-state index is -0.993. The Morgan fingerprint density at radius 2 is 2.22 bits per heavy atom. The number of benzene rings is 1. The maximum atomic E-state index is 11.8. The molecule has 1 atom stereocenters. The first kappa shape index (κ1) is 12.7. The standard InChI is InChI=1S/C12H12ClNO4/c1-12(6-10(15)16)7-18-11(17)14(12)9-5-3-2-4-8(9)13/h2-5H,6-7H2,1H3,(H,15,16). The van der Waals surface area contributed by atoms with Crippen molar-refractivity contribution in [2.24, 2.45) is 0 Å². The summed E-state index contributed by atoms with van der Waals surface area (Å²) in [5.41, 5.74) is -0.459. The summed E-state index contributed by atoms with van der Waals surface area (Å²) < 4.78 is 4.96. The van der Waals surface area contributed by atoms with Gasteiger partial charge >= 0.3 is 12.1 Å². The number of cyclic esters (lactones) is 1. The molecule has 6 heteroatoms. The molecule has 0 aliphatic carbocycles. The van der Waals surface area contributed by atoms with Crippen LogP contribution in [-0.4, -0.2) is 29.3 Å². The minimum Gasteiger partial charge on any atom is -0.481 e. The summed E-state index contributed by atoms with van der Waals surface area (Å²) in [6.07, 6.45) is -0.781. The average Bonchev–Trinajstić information content (AvgIpc) is 2.55.